The predicted molar refractivity (Wildman–Crippen MR) is 125 cm³/mol. The first-order valence-corrected chi connectivity index (χ1v) is 12.2. The standard InChI is InChI=1S/C21H22Cl2N2O2S2/c1-2-25(13-18(26)24-19-16(22)5-3-6-17(19)23)20(27)14-7-9-15(10-8-14)21-28-11-4-12-29-21/h3,5-10,21H,2,4,11-13H2,1H3,(H,24,26). The van der Waals surface area contributed by atoms with Gasteiger partial charge in [-0.15, -0.1) is 23.5 Å². The monoisotopic (exact) mass is 468 g/mol. The molecule has 1 fully saturated rings. The van der Waals surface area contributed by atoms with Gasteiger partial charge in [-0.1, -0.05) is 41.4 Å². The SMILES string of the molecule is CCN(CC(=O)Nc1c(Cl)cccc1Cl)C(=O)c1ccc(C2SCCCS2)cc1. The Hall–Kier alpha value is -1.34. The lowest BCUT2D eigenvalue weighted by Gasteiger charge is -2.23. The lowest BCUT2D eigenvalue weighted by molar-refractivity contribution is -0.116. The van der Waals surface area contributed by atoms with E-state index in [1.165, 1.54) is 28.4 Å². The van der Waals surface area contributed by atoms with Gasteiger partial charge < -0.3 is 10.2 Å². The van der Waals surface area contributed by atoms with Crippen LogP contribution in [-0.2, 0) is 4.79 Å². The molecule has 0 unspecified atom stereocenters. The van der Waals surface area contributed by atoms with Crippen LogP contribution in [0.4, 0.5) is 5.69 Å². The predicted octanol–water partition coefficient (Wildman–Crippen LogP) is 5.96. The average molecular weight is 469 g/mol. The Balaban J connectivity index is 1.64. The van der Waals surface area contributed by atoms with Crippen LogP contribution in [0.25, 0.3) is 0 Å². The number of para-hydroxylation sites is 1. The number of hydrogen-bond donors (Lipinski definition) is 1. The van der Waals surface area contributed by atoms with Gasteiger partial charge in [0.2, 0.25) is 5.91 Å². The highest BCUT2D eigenvalue weighted by Gasteiger charge is 2.20. The molecule has 4 nitrogen and oxygen atoms in total. The van der Waals surface area contributed by atoms with Crippen LogP contribution in [0.5, 0.6) is 0 Å². The summed E-state index contributed by atoms with van der Waals surface area (Å²) in [6.45, 7) is 2.18. The normalized spacial score (nSPS) is 14.4. The second kappa shape index (κ2) is 10.6. The zero-order valence-electron chi connectivity index (χ0n) is 16.0. The number of benzene rings is 2. The van der Waals surface area contributed by atoms with Crippen molar-refractivity contribution in [1.29, 1.82) is 0 Å². The second-order valence-electron chi connectivity index (χ2n) is 6.51. The number of thioether (sulfide) groups is 2. The van der Waals surface area contributed by atoms with Crippen molar-refractivity contribution in [1.82, 2.24) is 4.90 Å². The van der Waals surface area contributed by atoms with Gasteiger partial charge in [0.25, 0.3) is 5.91 Å². The minimum atomic E-state index is -0.346. The first-order valence-electron chi connectivity index (χ1n) is 9.36. The summed E-state index contributed by atoms with van der Waals surface area (Å²) in [7, 11) is 0. The molecular formula is C21H22Cl2N2O2S2. The zero-order chi connectivity index (χ0) is 20.8. The maximum atomic E-state index is 12.9. The van der Waals surface area contributed by atoms with Crippen LogP contribution in [0.2, 0.25) is 10.0 Å². The molecule has 3 rings (SSSR count). The lowest BCUT2D eigenvalue weighted by atomic mass is 10.1. The van der Waals surface area contributed by atoms with Gasteiger partial charge in [-0.25, -0.2) is 0 Å². The van der Waals surface area contributed by atoms with Crippen molar-refractivity contribution >= 4 is 64.2 Å². The molecule has 154 valence electrons. The van der Waals surface area contributed by atoms with Crippen LogP contribution >= 0.6 is 46.7 Å². The maximum absolute atomic E-state index is 12.9. The van der Waals surface area contributed by atoms with Crippen molar-refractivity contribution in [2.75, 3.05) is 29.9 Å². The van der Waals surface area contributed by atoms with Gasteiger partial charge in [0.15, 0.2) is 0 Å². The number of carbonyl (C=O) groups is 2. The van der Waals surface area contributed by atoms with Gasteiger partial charge in [0.1, 0.15) is 6.54 Å². The molecule has 1 saturated heterocycles. The van der Waals surface area contributed by atoms with Crippen molar-refractivity contribution in [2.45, 2.75) is 17.9 Å². The number of likely N-dealkylation sites (N-methyl/N-ethyl adjacent to an activating group) is 1. The van der Waals surface area contributed by atoms with Gasteiger partial charge >= 0.3 is 0 Å². The van der Waals surface area contributed by atoms with E-state index >= 15 is 0 Å². The third-order valence-electron chi connectivity index (χ3n) is 4.49. The summed E-state index contributed by atoms with van der Waals surface area (Å²) in [5, 5.41) is 3.41. The Kier molecular flexibility index (Phi) is 8.18. The van der Waals surface area contributed by atoms with Crippen molar-refractivity contribution in [2.24, 2.45) is 0 Å². The Labute approximate surface area is 189 Å². The van der Waals surface area contributed by atoms with Crippen LogP contribution < -0.4 is 5.32 Å². The van der Waals surface area contributed by atoms with E-state index < -0.39 is 0 Å². The number of hydrogen-bond acceptors (Lipinski definition) is 4. The number of rotatable bonds is 6. The maximum Gasteiger partial charge on any atom is 0.254 e. The summed E-state index contributed by atoms with van der Waals surface area (Å²) in [6.07, 6.45) is 1.25. The van der Waals surface area contributed by atoms with E-state index in [2.05, 4.69) is 5.32 Å². The second-order valence-corrected chi connectivity index (χ2v) is 10.1. The molecule has 2 aromatic carbocycles. The Morgan fingerprint density at radius 1 is 1.07 bits per heavy atom. The molecule has 0 radical (unpaired) electrons. The van der Waals surface area contributed by atoms with Gasteiger partial charge in [-0.05, 0) is 54.7 Å². The molecule has 2 aromatic rings. The summed E-state index contributed by atoms with van der Waals surface area (Å²) in [4.78, 5) is 26.8. The summed E-state index contributed by atoms with van der Waals surface area (Å²) >= 11 is 16.1. The Bertz CT molecular complexity index is 851. The number of halogens is 2. The highest BCUT2D eigenvalue weighted by Crippen LogP contribution is 2.43. The summed E-state index contributed by atoms with van der Waals surface area (Å²) in [5.41, 5.74) is 2.16. The topological polar surface area (TPSA) is 49.4 Å². The molecule has 1 aliphatic rings. The van der Waals surface area contributed by atoms with E-state index in [1.54, 1.807) is 18.2 Å². The molecule has 1 aliphatic heterocycles. The fourth-order valence-electron chi connectivity index (χ4n) is 2.94. The minimum absolute atomic E-state index is 0.0764. The largest absolute Gasteiger partial charge is 0.330 e. The summed E-state index contributed by atoms with van der Waals surface area (Å²) < 4.78 is 0.432. The van der Waals surface area contributed by atoms with Crippen molar-refractivity contribution in [3.05, 3.63) is 63.6 Å². The fourth-order valence-corrected chi connectivity index (χ4v) is 6.33. The number of nitrogens with one attached hydrogen (secondary N) is 1. The molecule has 29 heavy (non-hydrogen) atoms. The number of amides is 2. The first kappa shape index (κ1) is 22.3. The third-order valence-corrected chi connectivity index (χ3v) is 8.13. The van der Waals surface area contributed by atoms with Crippen molar-refractivity contribution < 1.29 is 9.59 Å². The lowest BCUT2D eigenvalue weighted by Crippen LogP contribution is -2.38. The summed E-state index contributed by atoms with van der Waals surface area (Å²) in [6, 6.07) is 12.7. The van der Waals surface area contributed by atoms with Gasteiger partial charge in [0, 0.05) is 12.1 Å². The van der Waals surface area contributed by atoms with E-state index in [1.807, 2.05) is 54.7 Å². The number of anilines is 1. The molecule has 2 amide bonds. The summed E-state index contributed by atoms with van der Waals surface area (Å²) in [5.74, 6) is 1.82. The molecule has 0 aromatic heterocycles. The van der Waals surface area contributed by atoms with Gasteiger partial charge in [-0.2, -0.15) is 0 Å². The van der Waals surface area contributed by atoms with Crippen LogP contribution in [-0.4, -0.2) is 41.3 Å². The molecule has 0 saturated carbocycles. The van der Waals surface area contributed by atoms with Crippen molar-refractivity contribution in [3.8, 4) is 0 Å². The molecule has 0 aliphatic carbocycles. The average Bonchev–Trinajstić information content (AvgIpc) is 2.75. The third kappa shape index (κ3) is 5.85. The Morgan fingerprint density at radius 3 is 2.28 bits per heavy atom. The van der Waals surface area contributed by atoms with E-state index in [4.69, 9.17) is 23.2 Å². The minimum Gasteiger partial charge on any atom is -0.330 e. The van der Waals surface area contributed by atoms with Gasteiger partial charge in [0.05, 0.1) is 20.3 Å². The molecule has 0 atom stereocenters. The van der Waals surface area contributed by atoms with Crippen LogP contribution in [0.1, 0.15) is 33.8 Å². The van der Waals surface area contributed by atoms with E-state index in [0.717, 1.165) is 0 Å². The van der Waals surface area contributed by atoms with E-state index in [-0.39, 0.29) is 18.4 Å². The smallest absolute Gasteiger partial charge is 0.254 e. The fraction of sp³-hybridized carbons (Fsp3) is 0.333. The molecule has 8 heteroatoms. The van der Waals surface area contributed by atoms with Crippen LogP contribution in [0.3, 0.4) is 0 Å². The van der Waals surface area contributed by atoms with Crippen LogP contribution in [0, 0.1) is 0 Å². The zero-order valence-corrected chi connectivity index (χ0v) is 19.1. The highest BCUT2D eigenvalue weighted by molar-refractivity contribution is 8.16. The van der Waals surface area contributed by atoms with Crippen LogP contribution in [0.15, 0.2) is 42.5 Å². The van der Waals surface area contributed by atoms with Gasteiger partial charge in [-0.3, -0.25) is 9.59 Å². The molecule has 1 N–H and O–H groups in total. The highest BCUT2D eigenvalue weighted by atomic mass is 35.5. The number of carbonyl (C=O) groups excluding carboxylic acids is 2. The molecule has 1 heterocycles. The molecule has 0 spiro atoms. The number of nitrogens with zero attached hydrogens (tertiary/aromatic N) is 1. The Morgan fingerprint density at radius 2 is 1.69 bits per heavy atom. The quantitative estimate of drug-likeness (QED) is 0.567. The molecule has 0 bridgehead atoms. The molecular weight excluding hydrogens is 447 g/mol. The first-order chi connectivity index (χ1) is 14.0. The van der Waals surface area contributed by atoms with E-state index in [9.17, 15) is 9.59 Å². The van der Waals surface area contributed by atoms with Crippen molar-refractivity contribution in [3.63, 3.8) is 0 Å². The van der Waals surface area contributed by atoms with E-state index in [0.29, 0.717) is 32.4 Å².